The van der Waals surface area contributed by atoms with Crippen molar-refractivity contribution in [3.8, 4) is 28.6 Å². The first-order chi connectivity index (χ1) is 13.8. The zero-order valence-electron chi connectivity index (χ0n) is 14.9. The number of phenolic OH excluding ortho intramolecular Hbond substituents is 2. The van der Waals surface area contributed by atoms with E-state index in [0.717, 1.165) is 6.07 Å². The molecule has 1 saturated heterocycles. The lowest BCUT2D eigenvalue weighted by Gasteiger charge is -2.34. The van der Waals surface area contributed by atoms with E-state index >= 15 is 0 Å². The predicted octanol–water partition coefficient (Wildman–Crippen LogP) is 0.689. The van der Waals surface area contributed by atoms with Crippen molar-refractivity contribution in [1.29, 1.82) is 0 Å². The third kappa shape index (κ3) is 3.64. The molecule has 4 rings (SSSR count). The predicted molar refractivity (Wildman–Crippen MR) is 99.6 cm³/mol. The average Bonchev–Trinajstić information content (AvgIpc) is 2.68. The number of fused-ring (bicyclic) bond motifs is 1. The maximum Gasteiger partial charge on any atom is 0.228 e. The van der Waals surface area contributed by atoms with E-state index in [1.807, 2.05) is 0 Å². The highest BCUT2D eigenvalue weighted by atomic mass is 16.7. The standard InChI is InChI=1S/C20H18O9/c21-10-3-1-9(2-4-10)15-7-13(23)17-12(22)5-11(6-16(17)29-15)28-20-19(26)18(25)14(24)8-27-20/h1-7,14,18-22,24-26H,8H2/t14-,18+,19+,20+/m0/s1. The molecule has 29 heavy (non-hydrogen) atoms. The summed E-state index contributed by atoms with van der Waals surface area (Å²) in [4.78, 5) is 12.5. The lowest BCUT2D eigenvalue weighted by atomic mass is 10.1. The summed E-state index contributed by atoms with van der Waals surface area (Å²) in [7, 11) is 0. The molecular formula is C20H18O9. The first-order valence-electron chi connectivity index (χ1n) is 8.76. The lowest BCUT2D eigenvalue weighted by Crippen LogP contribution is -2.54. The highest BCUT2D eigenvalue weighted by molar-refractivity contribution is 5.86. The highest BCUT2D eigenvalue weighted by Crippen LogP contribution is 2.32. The number of aliphatic hydroxyl groups excluding tert-OH is 3. The van der Waals surface area contributed by atoms with E-state index < -0.39 is 35.8 Å². The van der Waals surface area contributed by atoms with Gasteiger partial charge in [0.15, 0.2) is 5.43 Å². The Morgan fingerprint density at radius 2 is 1.69 bits per heavy atom. The van der Waals surface area contributed by atoms with Crippen LogP contribution in [0.1, 0.15) is 0 Å². The largest absolute Gasteiger partial charge is 0.508 e. The molecule has 5 N–H and O–H groups in total. The number of hydrogen-bond donors (Lipinski definition) is 5. The second kappa shape index (κ2) is 7.37. The van der Waals surface area contributed by atoms with E-state index in [0.29, 0.717) is 5.56 Å². The average molecular weight is 402 g/mol. The van der Waals surface area contributed by atoms with Gasteiger partial charge in [-0.25, -0.2) is 0 Å². The van der Waals surface area contributed by atoms with E-state index in [4.69, 9.17) is 13.9 Å². The Hall–Kier alpha value is -3.11. The second-order valence-corrected chi connectivity index (χ2v) is 6.71. The molecule has 0 amide bonds. The van der Waals surface area contributed by atoms with Crippen molar-refractivity contribution in [2.45, 2.75) is 24.6 Å². The van der Waals surface area contributed by atoms with Crippen LogP contribution in [0.25, 0.3) is 22.3 Å². The molecule has 0 radical (unpaired) electrons. The molecule has 1 aromatic heterocycles. The van der Waals surface area contributed by atoms with Gasteiger partial charge in [0.1, 0.15) is 52.3 Å². The summed E-state index contributed by atoms with van der Waals surface area (Å²) in [5, 5.41) is 48.9. The fourth-order valence-electron chi connectivity index (χ4n) is 3.10. The number of aromatic hydroxyl groups is 2. The van der Waals surface area contributed by atoms with Gasteiger partial charge in [-0.2, -0.15) is 0 Å². The number of ether oxygens (including phenoxy) is 2. The molecule has 2 aromatic carbocycles. The molecule has 0 bridgehead atoms. The van der Waals surface area contributed by atoms with Gasteiger partial charge < -0.3 is 39.4 Å². The number of aliphatic hydroxyl groups is 3. The van der Waals surface area contributed by atoms with Crippen LogP contribution in [0, 0.1) is 0 Å². The minimum atomic E-state index is -1.52. The summed E-state index contributed by atoms with van der Waals surface area (Å²) in [6.45, 7) is -0.247. The lowest BCUT2D eigenvalue weighted by molar-refractivity contribution is -0.242. The Bertz CT molecular complexity index is 1090. The van der Waals surface area contributed by atoms with Gasteiger partial charge in [0.05, 0.1) is 6.61 Å². The van der Waals surface area contributed by atoms with Gasteiger partial charge in [-0.3, -0.25) is 4.79 Å². The van der Waals surface area contributed by atoms with Crippen molar-refractivity contribution in [2.75, 3.05) is 6.61 Å². The van der Waals surface area contributed by atoms with Crippen molar-refractivity contribution in [1.82, 2.24) is 0 Å². The van der Waals surface area contributed by atoms with Crippen molar-refractivity contribution < 1.29 is 39.4 Å². The molecule has 0 spiro atoms. The number of phenols is 2. The number of hydrogen-bond acceptors (Lipinski definition) is 9. The molecule has 1 aliphatic rings. The summed E-state index contributed by atoms with van der Waals surface area (Å²) in [6.07, 6.45) is -5.52. The first kappa shape index (κ1) is 19.2. The molecule has 152 valence electrons. The Morgan fingerprint density at radius 1 is 0.966 bits per heavy atom. The van der Waals surface area contributed by atoms with Crippen LogP contribution >= 0.6 is 0 Å². The molecule has 1 aliphatic heterocycles. The molecule has 2 heterocycles. The van der Waals surface area contributed by atoms with Gasteiger partial charge >= 0.3 is 0 Å². The molecule has 9 nitrogen and oxygen atoms in total. The molecule has 3 aromatic rings. The zero-order valence-corrected chi connectivity index (χ0v) is 14.9. The zero-order chi connectivity index (χ0) is 20.7. The Kier molecular flexibility index (Phi) is 4.89. The van der Waals surface area contributed by atoms with Crippen molar-refractivity contribution >= 4 is 11.0 Å². The minimum absolute atomic E-state index is 0.0219. The van der Waals surface area contributed by atoms with Gasteiger partial charge in [-0.15, -0.1) is 0 Å². The van der Waals surface area contributed by atoms with Crippen LogP contribution in [-0.2, 0) is 4.74 Å². The SMILES string of the molecule is O=c1cc(-c2ccc(O)cc2)oc2cc(O[C@H]3OC[C@H](O)[C@@H](O)[C@H]3O)cc(O)c12. The van der Waals surface area contributed by atoms with E-state index in [1.165, 1.54) is 24.3 Å². The molecule has 0 aliphatic carbocycles. The summed E-state index contributed by atoms with van der Waals surface area (Å²) in [6, 6.07) is 9.74. The van der Waals surface area contributed by atoms with Gasteiger partial charge in [0.2, 0.25) is 6.29 Å². The second-order valence-electron chi connectivity index (χ2n) is 6.71. The topological polar surface area (TPSA) is 150 Å². The van der Waals surface area contributed by atoms with Gasteiger partial charge in [0.25, 0.3) is 0 Å². The van der Waals surface area contributed by atoms with E-state index in [1.54, 1.807) is 12.1 Å². The van der Waals surface area contributed by atoms with Crippen LogP contribution in [0.15, 0.2) is 51.7 Å². The summed E-state index contributed by atoms with van der Waals surface area (Å²) < 4.78 is 16.4. The fraction of sp³-hybridized carbons (Fsp3) is 0.250. The van der Waals surface area contributed by atoms with Crippen LogP contribution in [0.2, 0.25) is 0 Å². The Balaban J connectivity index is 1.71. The molecule has 0 unspecified atom stereocenters. The van der Waals surface area contributed by atoms with Crippen LogP contribution in [0.3, 0.4) is 0 Å². The van der Waals surface area contributed by atoms with E-state index in [9.17, 15) is 30.3 Å². The third-order valence-electron chi connectivity index (χ3n) is 4.64. The van der Waals surface area contributed by atoms with Gasteiger partial charge in [0, 0.05) is 23.8 Å². The number of rotatable bonds is 3. The molecular weight excluding hydrogens is 384 g/mol. The summed E-state index contributed by atoms with van der Waals surface area (Å²) in [5.41, 5.74) is 0.0862. The highest BCUT2D eigenvalue weighted by Gasteiger charge is 2.39. The van der Waals surface area contributed by atoms with Crippen LogP contribution in [0.4, 0.5) is 0 Å². The minimum Gasteiger partial charge on any atom is -0.508 e. The monoisotopic (exact) mass is 402 g/mol. The normalized spacial score (nSPS) is 24.5. The fourth-order valence-corrected chi connectivity index (χ4v) is 3.10. The van der Waals surface area contributed by atoms with Gasteiger partial charge in [-0.1, -0.05) is 0 Å². The number of benzene rings is 2. The van der Waals surface area contributed by atoms with Crippen LogP contribution < -0.4 is 10.2 Å². The quantitative estimate of drug-likeness (QED) is 0.426. The van der Waals surface area contributed by atoms with Gasteiger partial charge in [-0.05, 0) is 24.3 Å². The van der Waals surface area contributed by atoms with Crippen LogP contribution in [-0.4, -0.2) is 56.7 Å². The molecule has 1 fully saturated rings. The van der Waals surface area contributed by atoms with E-state index in [2.05, 4.69) is 0 Å². The Labute approximate surface area is 163 Å². The van der Waals surface area contributed by atoms with Crippen LogP contribution in [0.5, 0.6) is 17.2 Å². The first-order valence-corrected chi connectivity index (χ1v) is 8.76. The summed E-state index contributed by atoms with van der Waals surface area (Å²) >= 11 is 0. The van der Waals surface area contributed by atoms with Crippen molar-refractivity contribution in [3.63, 3.8) is 0 Å². The maximum atomic E-state index is 12.5. The molecule has 9 heteroatoms. The van der Waals surface area contributed by atoms with Crippen molar-refractivity contribution in [2.24, 2.45) is 0 Å². The van der Waals surface area contributed by atoms with Crippen molar-refractivity contribution in [3.05, 3.63) is 52.7 Å². The smallest absolute Gasteiger partial charge is 0.228 e. The summed E-state index contributed by atoms with van der Waals surface area (Å²) in [5.74, 6) is -0.0989. The molecule has 0 saturated carbocycles. The molecule has 4 atom stereocenters. The Morgan fingerprint density at radius 3 is 2.41 bits per heavy atom. The third-order valence-corrected chi connectivity index (χ3v) is 4.64. The van der Waals surface area contributed by atoms with E-state index in [-0.39, 0.29) is 34.8 Å². The maximum absolute atomic E-state index is 12.5.